The lowest BCUT2D eigenvalue weighted by Gasteiger charge is -2.18. The van der Waals surface area contributed by atoms with E-state index in [-0.39, 0.29) is 11.8 Å². The third-order valence-electron chi connectivity index (χ3n) is 3.93. The molecule has 1 saturated carbocycles. The Labute approximate surface area is 111 Å². The maximum atomic E-state index is 12.2. The van der Waals surface area contributed by atoms with E-state index >= 15 is 0 Å². The second-order valence-electron chi connectivity index (χ2n) is 5.14. The number of aryl methyl sites for hydroxylation is 1. The zero-order chi connectivity index (χ0) is 12.7. The Morgan fingerprint density at radius 3 is 2.83 bits per heavy atom. The molecule has 0 aliphatic heterocycles. The molecule has 1 aromatic heterocycles. The summed E-state index contributed by atoms with van der Waals surface area (Å²) in [5.41, 5.74) is 1.52. The molecule has 1 fully saturated rings. The van der Waals surface area contributed by atoms with Gasteiger partial charge in [-0.15, -0.1) is 0 Å². The topological polar surface area (TPSA) is 42.0 Å². The van der Waals surface area contributed by atoms with Crippen LogP contribution in [0.1, 0.15) is 18.5 Å². The lowest BCUT2D eigenvalue weighted by Crippen LogP contribution is -2.26. The molecule has 2 aliphatic carbocycles. The highest BCUT2D eigenvalue weighted by Gasteiger charge is 2.39. The minimum Gasteiger partial charge on any atom is -0.324 e. The first kappa shape index (κ1) is 11.7. The number of aromatic nitrogens is 1. The van der Waals surface area contributed by atoms with Crippen LogP contribution < -0.4 is 5.32 Å². The molecule has 1 N–H and O–H groups in total. The monoisotopic (exact) mass is 262 g/mol. The van der Waals surface area contributed by atoms with Crippen LogP contribution in [0, 0.1) is 24.7 Å². The summed E-state index contributed by atoms with van der Waals surface area (Å²) in [6, 6.07) is 3.51. The van der Waals surface area contributed by atoms with Crippen LogP contribution in [0.5, 0.6) is 0 Å². The van der Waals surface area contributed by atoms with Crippen LogP contribution in [0.2, 0.25) is 5.15 Å². The van der Waals surface area contributed by atoms with Gasteiger partial charge in [0.15, 0.2) is 0 Å². The summed E-state index contributed by atoms with van der Waals surface area (Å²) in [6.07, 6.45) is 6.54. The number of carbonyl (C=O) groups excluding carboxylic acids is 1. The first-order chi connectivity index (χ1) is 8.63. The second kappa shape index (κ2) is 4.39. The Hall–Kier alpha value is -1.35. The van der Waals surface area contributed by atoms with Gasteiger partial charge in [-0.3, -0.25) is 4.79 Å². The number of carbonyl (C=O) groups is 1. The third kappa shape index (κ3) is 2.03. The number of nitrogens with one attached hydrogen (secondary N) is 1. The molecule has 0 spiro atoms. The number of nitrogens with zero attached hydrogens (tertiary/aromatic N) is 1. The maximum absolute atomic E-state index is 12.2. The molecular weight excluding hydrogens is 248 g/mol. The number of hydrogen-bond donors (Lipinski definition) is 1. The highest BCUT2D eigenvalue weighted by atomic mass is 35.5. The predicted molar refractivity (Wildman–Crippen MR) is 71.5 cm³/mol. The maximum Gasteiger partial charge on any atom is 0.228 e. The van der Waals surface area contributed by atoms with E-state index in [0.29, 0.717) is 17.0 Å². The van der Waals surface area contributed by atoms with Crippen LogP contribution in [0.25, 0.3) is 0 Å². The van der Waals surface area contributed by atoms with Gasteiger partial charge in [-0.1, -0.05) is 23.8 Å². The molecule has 4 heteroatoms. The van der Waals surface area contributed by atoms with Crippen molar-refractivity contribution in [1.29, 1.82) is 0 Å². The van der Waals surface area contributed by atoms with Gasteiger partial charge in [0, 0.05) is 5.92 Å². The molecule has 94 valence electrons. The molecule has 0 saturated heterocycles. The van der Waals surface area contributed by atoms with E-state index in [1.165, 1.54) is 0 Å². The van der Waals surface area contributed by atoms with Gasteiger partial charge in [0.2, 0.25) is 5.91 Å². The molecule has 1 heterocycles. The van der Waals surface area contributed by atoms with Crippen molar-refractivity contribution < 1.29 is 4.79 Å². The largest absolute Gasteiger partial charge is 0.324 e. The fraction of sp³-hybridized carbons (Fsp3) is 0.429. The molecule has 18 heavy (non-hydrogen) atoms. The summed E-state index contributed by atoms with van der Waals surface area (Å²) in [5.74, 6) is 1.26. The summed E-state index contributed by atoms with van der Waals surface area (Å²) >= 11 is 5.80. The predicted octanol–water partition coefficient (Wildman–Crippen LogP) is 3.19. The van der Waals surface area contributed by atoms with Crippen molar-refractivity contribution in [3.05, 3.63) is 35.1 Å². The normalized spacial score (nSPS) is 28.7. The van der Waals surface area contributed by atoms with Crippen LogP contribution in [-0.4, -0.2) is 10.9 Å². The van der Waals surface area contributed by atoms with E-state index in [4.69, 9.17) is 11.6 Å². The molecule has 3 unspecified atom stereocenters. The van der Waals surface area contributed by atoms with E-state index in [1.54, 1.807) is 6.07 Å². The van der Waals surface area contributed by atoms with E-state index in [1.807, 2.05) is 13.0 Å². The first-order valence-corrected chi connectivity index (χ1v) is 6.63. The van der Waals surface area contributed by atoms with Gasteiger partial charge in [0.25, 0.3) is 0 Å². The summed E-state index contributed by atoms with van der Waals surface area (Å²) in [7, 11) is 0. The van der Waals surface area contributed by atoms with Crippen molar-refractivity contribution in [2.75, 3.05) is 5.32 Å². The summed E-state index contributed by atoms with van der Waals surface area (Å²) < 4.78 is 0. The SMILES string of the molecule is Cc1nc(Cl)ccc1NC(=O)C1CC2C=CC1C2. The van der Waals surface area contributed by atoms with Gasteiger partial charge in [-0.2, -0.15) is 0 Å². The van der Waals surface area contributed by atoms with Crippen molar-refractivity contribution >= 4 is 23.2 Å². The number of fused-ring (bicyclic) bond motifs is 2. The van der Waals surface area contributed by atoms with Crippen LogP contribution in [0.15, 0.2) is 24.3 Å². The lowest BCUT2D eigenvalue weighted by atomic mass is 9.93. The Morgan fingerprint density at radius 2 is 2.22 bits per heavy atom. The third-order valence-corrected chi connectivity index (χ3v) is 4.14. The number of halogens is 1. The molecule has 1 aromatic rings. The summed E-state index contributed by atoms with van der Waals surface area (Å²) in [5, 5.41) is 3.42. The molecule has 3 rings (SSSR count). The zero-order valence-electron chi connectivity index (χ0n) is 10.2. The molecule has 2 bridgehead atoms. The average Bonchev–Trinajstić information content (AvgIpc) is 2.94. The standard InChI is InChI=1S/C14H15ClN2O/c1-8-12(4-5-13(15)16-8)17-14(18)11-7-9-2-3-10(11)6-9/h2-5,9-11H,6-7H2,1H3,(H,17,18). The minimum atomic E-state index is 0.110. The molecule has 0 aromatic carbocycles. The Bertz CT molecular complexity index is 527. The van der Waals surface area contributed by atoms with E-state index in [0.717, 1.165) is 24.2 Å². The van der Waals surface area contributed by atoms with Gasteiger partial charge in [-0.05, 0) is 43.7 Å². The first-order valence-electron chi connectivity index (χ1n) is 6.26. The van der Waals surface area contributed by atoms with Crippen molar-refractivity contribution in [3.63, 3.8) is 0 Å². The average molecular weight is 263 g/mol. The van der Waals surface area contributed by atoms with Crippen LogP contribution in [0.3, 0.4) is 0 Å². The summed E-state index contributed by atoms with van der Waals surface area (Å²) in [6.45, 7) is 1.85. The van der Waals surface area contributed by atoms with Crippen molar-refractivity contribution in [3.8, 4) is 0 Å². The van der Waals surface area contributed by atoms with Gasteiger partial charge in [0.05, 0.1) is 11.4 Å². The number of anilines is 1. The number of pyridine rings is 1. The number of rotatable bonds is 2. The van der Waals surface area contributed by atoms with E-state index in [2.05, 4.69) is 22.5 Å². The lowest BCUT2D eigenvalue weighted by molar-refractivity contribution is -0.120. The molecule has 2 aliphatic rings. The summed E-state index contributed by atoms with van der Waals surface area (Å²) in [4.78, 5) is 16.4. The Morgan fingerprint density at radius 1 is 1.39 bits per heavy atom. The molecule has 0 radical (unpaired) electrons. The second-order valence-corrected chi connectivity index (χ2v) is 5.53. The van der Waals surface area contributed by atoms with Crippen LogP contribution >= 0.6 is 11.6 Å². The van der Waals surface area contributed by atoms with Gasteiger partial charge in [-0.25, -0.2) is 4.98 Å². The molecule has 3 atom stereocenters. The quantitative estimate of drug-likeness (QED) is 0.657. The van der Waals surface area contributed by atoms with Crippen molar-refractivity contribution in [2.24, 2.45) is 17.8 Å². The van der Waals surface area contributed by atoms with Gasteiger partial charge in [0.1, 0.15) is 5.15 Å². The van der Waals surface area contributed by atoms with E-state index < -0.39 is 0 Å². The van der Waals surface area contributed by atoms with Gasteiger partial charge >= 0.3 is 0 Å². The van der Waals surface area contributed by atoms with Crippen LogP contribution in [-0.2, 0) is 4.79 Å². The number of allylic oxidation sites excluding steroid dienone is 2. The van der Waals surface area contributed by atoms with E-state index in [9.17, 15) is 4.79 Å². The minimum absolute atomic E-state index is 0.110. The molecule has 1 amide bonds. The molecular formula is C14H15ClN2O. The Balaban J connectivity index is 1.73. The number of amides is 1. The fourth-order valence-corrected chi connectivity index (χ4v) is 3.16. The highest BCUT2D eigenvalue weighted by molar-refractivity contribution is 6.29. The van der Waals surface area contributed by atoms with Crippen molar-refractivity contribution in [2.45, 2.75) is 19.8 Å². The highest BCUT2D eigenvalue weighted by Crippen LogP contribution is 2.43. The zero-order valence-corrected chi connectivity index (χ0v) is 10.9. The smallest absolute Gasteiger partial charge is 0.228 e. The molecule has 3 nitrogen and oxygen atoms in total. The fourth-order valence-electron chi connectivity index (χ4n) is 2.97. The Kier molecular flexibility index (Phi) is 2.86. The van der Waals surface area contributed by atoms with Gasteiger partial charge < -0.3 is 5.32 Å². The van der Waals surface area contributed by atoms with Crippen molar-refractivity contribution in [1.82, 2.24) is 4.98 Å². The van der Waals surface area contributed by atoms with Crippen LogP contribution in [0.4, 0.5) is 5.69 Å². The number of hydrogen-bond acceptors (Lipinski definition) is 2.